The second-order valence-corrected chi connectivity index (χ2v) is 13.5. The van der Waals surface area contributed by atoms with E-state index in [0.717, 1.165) is 17.2 Å². The molecule has 8 aromatic rings. The molecule has 0 aliphatic heterocycles. The smallest absolute Gasteiger partial charge is 0.146 e. The highest BCUT2D eigenvalue weighted by molar-refractivity contribution is 7.26. The zero-order valence-electron chi connectivity index (χ0n) is 25.2. The van der Waals surface area contributed by atoms with Crippen LogP contribution in [0.5, 0.6) is 0 Å². The van der Waals surface area contributed by atoms with Gasteiger partial charge in [-0.25, -0.2) is 4.98 Å². The second-order valence-electron chi connectivity index (χ2n) is 12.5. The molecule has 1 aliphatic carbocycles. The number of thiophene rings is 1. The van der Waals surface area contributed by atoms with Gasteiger partial charge in [-0.15, -0.1) is 11.3 Å². The maximum Gasteiger partial charge on any atom is 0.146 e. The molecule has 0 bridgehead atoms. The number of anilines is 3. The molecule has 9 rings (SSSR count). The van der Waals surface area contributed by atoms with Crippen LogP contribution in [0.25, 0.3) is 53.2 Å². The van der Waals surface area contributed by atoms with Crippen LogP contribution in [0.3, 0.4) is 0 Å². The van der Waals surface area contributed by atoms with E-state index in [2.05, 4.69) is 158 Å². The van der Waals surface area contributed by atoms with Gasteiger partial charge in [-0.3, -0.25) is 4.90 Å². The van der Waals surface area contributed by atoms with E-state index in [9.17, 15) is 0 Å². The minimum absolute atomic E-state index is 0.0461. The largest absolute Gasteiger partial charge is 0.294 e. The van der Waals surface area contributed by atoms with Crippen LogP contribution in [-0.2, 0) is 5.41 Å². The Morgan fingerprint density at radius 1 is 0.556 bits per heavy atom. The molecule has 0 saturated carbocycles. The summed E-state index contributed by atoms with van der Waals surface area (Å²) >= 11 is 1.84. The number of rotatable bonds is 4. The lowest BCUT2D eigenvalue weighted by Crippen LogP contribution is -2.15. The van der Waals surface area contributed by atoms with E-state index in [1.54, 1.807) is 0 Å². The summed E-state index contributed by atoms with van der Waals surface area (Å²) in [4.78, 5) is 7.50. The quantitative estimate of drug-likeness (QED) is 0.201. The Hall–Kier alpha value is -5.25. The van der Waals surface area contributed by atoms with Crippen molar-refractivity contribution < 1.29 is 0 Å². The summed E-state index contributed by atoms with van der Waals surface area (Å²) in [5.41, 5.74) is 9.91. The van der Waals surface area contributed by atoms with Crippen LogP contribution in [0.15, 0.2) is 146 Å². The summed E-state index contributed by atoms with van der Waals surface area (Å²) in [5.74, 6) is 0.951. The first-order valence-corrected chi connectivity index (χ1v) is 16.3. The standard InChI is InChI=1S/C42H30N2S/c1-42(2)36-15-9-8-14-33(36)34-26-32(20-21-37(34)42)44(31-18-16-28(17-19-31)27-10-4-3-5-11-27)41-40-35-24-29-12-6-7-13-30(29)25-39(35)45-38(40)22-23-43-41/h3-26H,1-2H3. The fourth-order valence-corrected chi connectivity index (χ4v) is 8.36. The molecule has 2 heterocycles. The number of fused-ring (bicyclic) bond motifs is 7. The van der Waals surface area contributed by atoms with Crippen LogP contribution in [0.1, 0.15) is 25.0 Å². The molecule has 3 heteroatoms. The predicted octanol–water partition coefficient (Wildman–Crippen LogP) is 12.0. The number of hydrogen-bond acceptors (Lipinski definition) is 3. The summed E-state index contributed by atoms with van der Waals surface area (Å²) in [6.07, 6.45) is 1.96. The summed E-state index contributed by atoms with van der Waals surface area (Å²) < 4.78 is 2.52. The van der Waals surface area contributed by atoms with Crippen molar-refractivity contribution in [1.82, 2.24) is 4.98 Å². The number of hydrogen-bond donors (Lipinski definition) is 0. The zero-order valence-corrected chi connectivity index (χ0v) is 26.0. The summed E-state index contributed by atoms with van der Waals surface area (Å²) in [6, 6.07) is 50.8. The molecule has 6 aromatic carbocycles. The van der Waals surface area contributed by atoms with Crippen LogP contribution < -0.4 is 4.90 Å². The van der Waals surface area contributed by atoms with Gasteiger partial charge in [0.05, 0.1) is 0 Å². The average molecular weight is 595 g/mol. The molecule has 2 nitrogen and oxygen atoms in total. The normalized spacial score (nSPS) is 13.3. The highest BCUT2D eigenvalue weighted by Crippen LogP contribution is 2.51. The lowest BCUT2D eigenvalue weighted by Gasteiger charge is -2.27. The number of pyridine rings is 1. The molecule has 1 aliphatic rings. The maximum absolute atomic E-state index is 5.14. The van der Waals surface area contributed by atoms with Crippen LogP contribution >= 0.6 is 11.3 Å². The van der Waals surface area contributed by atoms with Gasteiger partial charge >= 0.3 is 0 Å². The van der Waals surface area contributed by atoms with Gasteiger partial charge in [0.15, 0.2) is 0 Å². The van der Waals surface area contributed by atoms with E-state index < -0.39 is 0 Å². The third-order valence-electron chi connectivity index (χ3n) is 9.50. The molecule has 0 radical (unpaired) electrons. The SMILES string of the molecule is CC1(C)c2ccccc2-c2cc(N(c3ccc(-c4ccccc4)cc3)c3nccc4sc5cc6ccccc6cc5c34)ccc21. The van der Waals surface area contributed by atoms with Crippen molar-refractivity contribution in [2.45, 2.75) is 19.3 Å². The van der Waals surface area contributed by atoms with E-state index in [1.807, 2.05) is 17.5 Å². The van der Waals surface area contributed by atoms with E-state index in [4.69, 9.17) is 4.98 Å². The predicted molar refractivity (Wildman–Crippen MR) is 192 cm³/mol. The third-order valence-corrected chi connectivity index (χ3v) is 10.6. The van der Waals surface area contributed by atoms with Gasteiger partial charge in [0.1, 0.15) is 5.82 Å². The summed E-state index contributed by atoms with van der Waals surface area (Å²) in [7, 11) is 0. The van der Waals surface area contributed by atoms with Crippen molar-refractivity contribution in [3.05, 3.63) is 157 Å². The molecular weight excluding hydrogens is 565 g/mol. The molecule has 0 N–H and O–H groups in total. The zero-order chi connectivity index (χ0) is 30.1. The minimum Gasteiger partial charge on any atom is -0.294 e. The van der Waals surface area contributed by atoms with Crippen LogP contribution in [0.2, 0.25) is 0 Å². The molecule has 0 amide bonds. The van der Waals surface area contributed by atoms with Gasteiger partial charge in [-0.1, -0.05) is 111 Å². The molecule has 0 atom stereocenters. The van der Waals surface area contributed by atoms with Gasteiger partial charge in [0.2, 0.25) is 0 Å². The van der Waals surface area contributed by atoms with Crippen LogP contribution in [0.4, 0.5) is 17.2 Å². The lowest BCUT2D eigenvalue weighted by molar-refractivity contribution is 0.660. The van der Waals surface area contributed by atoms with Gasteiger partial charge in [-0.05, 0) is 86.6 Å². The number of aromatic nitrogens is 1. The Kier molecular flexibility index (Phi) is 5.75. The van der Waals surface area contributed by atoms with Crippen molar-refractivity contribution in [1.29, 1.82) is 0 Å². The second kappa shape index (κ2) is 9.88. The van der Waals surface area contributed by atoms with E-state index >= 15 is 0 Å². The number of nitrogens with zero attached hydrogens (tertiary/aromatic N) is 2. The Balaban J connectivity index is 1.30. The lowest BCUT2D eigenvalue weighted by atomic mass is 9.82. The molecule has 214 valence electrons. The fourth-order valence-electron chi connectivity index (χ4n) is 7.23. The van der Waals surface area contributed by atoms with Gasteiger partial charge in [-0.2, -0.15) is 0 Å². The Labute approximate surface area is 266 Å². The van der Waals surface area contributed by atoms with Crippen molar-refractivity contribution >= 4 is 59.5 Å². The molecule has 2 aromatic heterocycles. The molecule has 0 spiro atoms. The molecule has 0 unspecified atom stereocenters. The average Bonchev–Trinajstić information content (AvgIpc) is 3.56. The summed E-state index contributed by atoms with van der Waals surface area (Å²) in [6.45, 7) is 4.67. The van der Waals surface area contributed by atoms with Crippen molar-refractivity contribution in [2.24, 2.45) is 0 Å². The van der Waals surface area contributed by atoms with Crippen LogP contribution in [0, 0.1) is 0 Å². The minimum atomic E-state index is -0.0461. The van der Waals surface area contributed by atoms with E-state index in [-0.39, 0.29) is 5.41 Å². The fraction of sp³-hybridized carbons (Fsp3) is 0.0714. The Morgan fingerprint density at radius 2 is 1.22 bits per heavy atom. The first kappa shape index (κ1) is 26.2. The van der Waals surface area contributed by atoms with Crippen molar-refractivity contribution in [3.63, 3.8) is 0 Å². The van der Waals surface area contributed by atoms with E-state index in [0.29, 0.717) is 0 Å². The molecule has 0 saturated heterocycles. The summed E-state index contributed by atoms with van der Waals surface area (Å²) in [5, 5.41) is 4.95. The van der Waals surface area contributed by atoms with Gasteiger partial charge in [0.25, 0.3) is 0 Å². The monoisotopic (exact) mass is 594 g/mol. The first-order chi connectivity index (χ1) is 22.1. The first-order valence-electron chi connectivity index (χ1n) is 15.5. The van der Waals surface area contributed by atoms with Crippen molar-refractivity contribution in [3.8, 4) is 22.3 Å². The van der Waals surface area contributed by atoms with Crippen molar-refractivity contribution in [2.75, 3.05) is 4.90 Å². The maximum atomic E-state index is 5.14. The van der Waals surface area contributed by atoms with Crippen LogP contribution in [-0.4, -0.2) is 4.98 Å². The van der Waals surface area contributed by atoms with Gasteiger partial charge < -0.3 is 0 Å². The molecule has 45 heavy (non-hydrogen) atoms. The number of benzene rings is 6. The highest BCUT2D eigenvalue weighted by Gasteiger charge is 2.35. The Bertz CT molecular complexity index is 2400. The third kappa shape index (κ3) is 4.04. The molecular formula is C42H30N2S. The Morgan fingerprint density at radius 3 is 2.04 bits per heavy atom. The van der Waals surface area contributed by atoms with Gasteiger partial charge in [0, 0.05) is 43.2 Å². The van der Waals surface area contributed by atoms with E-state index in [1.165, 1.54) is 64.3 Å². The topological polar surface area (TPSA) is 16.1 Å². The highest BCUT2D eigenvalue weighted by atomic mass is 32.1. The molecule has 0 fully saturated rings.